The second-order valence-corrected chi connectivity index (χ2v) is 7.41. The molecule has 0 bridgehead atoms. The van der Waals surface area contributed by atoms with Crippen LogP contribution in [0.4, 0.5) is 10.1 Å². The van der Waals surface area contributed by atoms with Crippen LogP contribution in [0.2, 0.25) is 0 Å². The monoisotopic (exact) mass is 437 g/mol. The van der Waals surface area contributed by atoms with Gasteiger partial charge in [-0.25, -0.2) is 23.8 Å². The van der Waals surface area contributed by atoms with Crippen molar-refractivity contribution in [3.8, 4) is 5.69 Å². The number of hydrogen-bond acceptors (Lipinski definition) is 6. The van der Waals surface area contributed by atoms with Crippen molar-refractivity contribution in [1.29, 1.82) is 0 Å². The highest BCUT2D eigenvalue weighted by Crippen LogP contribution is 2.22. The summed E-state index contributed by atoms with van der Waals surface area (Å²) in [6.07, 6.45) is 2.64. The van der Waals surface area contributed by atoms with Gasteiger partial charge in [0.15, 0.2) is 11.5 Å². The van der Waals surface area contributed by atoms with Crippen LogP contribution in [0, 0.1) is 5.82 Å². The van der Waals surface area contributed by atoms with Crippen LogP contribution in [0.5, 0.6) is 0 Å². The first kappa shape index (κ1) is 21.1. The summed E-state index contributed by atoms with van der Waals surface area (Å²) in [5.41, 5.74) is -0.241. The van der Waals surface area contributed by atoms with Crippen molar-refractivity contribution in [3.63, 3.8) is 0 Å². The van der Waals surface area contributed by atoms with E-state index in [1.165, 1.54) is 40.1 Å². The van der Waals surface area contributed by atoms with Crippen molar-refractivity contribution in [3.05, 3.63) is 74.8 Å². The molecule has 4 aromatic rings. The highest BCUT2D eigenvalue weighted by atomic mass is 19.1. The van der Waals surface area contributed by atoms with Crippen LogP contribution in [-0.4, -0.2) is 35.2 Å². The Morgan fingerprint density at radius 2 is 2.03 bits per heavy atom. The number of carbonyl (C=O) groups is 1. The highest BCUT2D eigenvalue weighted by Gasteiger charge is 2.20. The van der Waals surface area contributed by atoms with E-state index < -0.39 is 23.0 Å². The molecule has 4 rings (SSSR count). The van der Waals surface area contributed by atoms with Gasteiger partial charge in [0.2, 0.25) is 0 Å². The molecular formula is C21H20FN7O3. The number of H-pyrrole nitrogens is 1. The van der Waals surface area contributed by atoms with Gasteiger partial charge in [0, 0.05) is 17.9 Å². The van der Waals surface area contributed by atoms with Gasteiger partial charge in [0.05, 0.1) is 10.9 Å². The summed E-state index contributed by atoms with van der Waals surface area (Å²) >= 11 is 0. The summed E-state index contributed by atoms with van der Waals surface area (Å²) in [4.78, 5) is 48.4. The van der Waals surface area contributed by atoms with E-state index in [2.05, 4.69) is 25.4 Å². The van der Waals surface area contributed by atoms with E-state index in [1.54, 1.807) is 6.92 Å². The average Bonchev–Trinajstić information content (AvgIpc) is 3.27. The highest BCUT2D eigenvalue weighted by molar-refractivity contribution is 6.11. The molecule has 10 nitrogen and oxygen atoms in total. The Hall–Kier alpha value is -4.15. The fraction of sp³-hybridized carbons (Fsp3) is 0.238. The van der Waals surface area contributed by atoms with Gasteiger partial charge >= 0.3 is 5.69 Å². The van der Waals surface area contributed by atoms with E-state index in [4.69, 9.17) is 0 Å². The van der Waals surface area contributed by atoms with Crippen molar-refractivity contribution < 1.29 is 9.18 Å². The number of aryl methyl sites for hydroxylation is 1. The minimum absolute atomic E-state index is 0.00643. The number of nitrogens with zero attached hydrogens (tertiary/aromatic N) is 5. The Kier molecular flexibility index (Phi) is 5.39. The van der Waals surface area contributed by atoms with Gasteiger partial charge in [0.1, 0.15) is 18.3 Å². The maximum Gasteiger partial charge on any atom is 0.329 e. The Balaban J connectivity index is 1.81. The number of hydrogen-bond donors (Lipinski definition) is 2. The molecule has 2 N–H and O–H groups in total. The molecule has 0 radical (unpaired) electrons. The summed E-state index contributed by atoms with van der Waals surface area (Å²) in [7, 11) is 0. The Morgan fingerprint density at radius 3 is 2.66 bits per heavy atom. The first-order valence-electron chi connectivity index (χ1n) is 9.93. The molecule has 0 aliphatic heterocycles. The number of aromatic amines is 1. The molecule has 0 aliphatic carbocycles. The summed E-state index contributed by atoms with van der Waals surface area (Å²) < 4.78 is 17.1. The van der Waals surface area contributed by atoms with E-state index in [9.17, 15) is 18.8 Å². The molecule has 1 amide bonds. The Labute approximate surface area is 180 Å². The van der Waals surface area contributed by atoms with E-state index in [-0.39, 0.29) is 40.4 Å². The number of anilines is 1. The number of aromatic nitrogens is 6. The number of fused-ring (bicyclic) bond motifs is 1. The van der Waals surface area contributed by atoms with Gasteiger partial charge in [-0.05, 0) is 37.1 Å². The third-order valence-corrected chi connectivity index (χ3v) is 4.99. The molecule has 3 heterocycles. The zero-order valence-electron chi connectivity index (χ0n) is 17.6. The standard InChI is InChI=1S/C21H20FN7O3/c1-4-28-18-17(20(31)27-21(28)32)13(8-15(26-18)11(2)3)19(30)25-12-5-6-16(14(22)7-12)29-10-23-9-24-29/h5-11H,4H2,1-3H3,(H,25,30)(H,27,31,32). The molecule has 164 valence electrons. The maximum atomic E-state index is 14.6. The lowest BCUT2D eigenvalue weighted by atomic mass is 10.0. The van der Waals surface area contributed by atoms with E-state index in [0.29, 0.717) is 5.69 Å². The lowest BCUT2D eigenvalue weighted by Crippen LogP contribution is -2.32. The third kappa shape index (κ3) is 3.68. The second kappa shape index (κ2) is 8.17. The van der Waals surface area contributed by atoms with Crippen molar-refractivity contribution in [2.24, 2.45) is 0 Å². The van der Waals surface area contributed by atoms with Crippen LogP contribution in [0.25, 0.3) is 16.7 Å². The average molecular weight is 437 g/mol. The summed E-state index contributed by atoms with van der Waals surface area (Å²) in [6.45, 7) is 5.77. The molecule has 0 saturated heterocycles. The molecule has 0 spiro atoms. The fourth-order valence-electron chi connectivity index (χ4n) is 3.36. The fourth-order valence-corrected chi connectivity index (χ4v) is 3.36. The first-order chi connectivity index (χ1) is 15.3. The lowest BCUT2D eigenvalue weighted by molar-refractivity contribution is 0.102. The minimum Gasteiger partial charge on any atom is -0.322 e. The molecule has 1 aromatic carbocycles. The van der Waals surface area contributed by atoms with Crippen LogP contribution in [0.1, 0.15) is 42.7 Å². The van der Waals surface area contributed by atoms with Gasteiger partial charge in [-0.2, -0.15) is 5.10 Å². The van der Waals surface area contributed by atoms with Gasteiger partial charge in [0.25, 0.3) is 11.5 Å². The van der Waals surface area contributed by atoms with Crippen LogP contribution in [0.15, 0.2) is 46.5 Å². The Morgan fingerprint density at radius 1 is 1.25 bits per heavy atom. The van der Waals surface area contributed by atoms with E-state index in [1.807, 2.05) is 13.8 Å². The number of benzene rings is 1. The number of halogens is 1. The summed E-state index contributed by atoms with van der Waals surface area (Å²) in [6, 6.07) is 5.62. The maximum absolute atomic E-state index is 14.6. The van der Waals surface area contributed by atoms with Gasteiger partial charge in [-0.3, -0.25) is 19.1 Å². The molecule has 0 unspecified atom stereocenters. The smallest absolute Gasteiger partial charge is 0.322 e. The number of carbonyl (C=O) groups excluding carboxylic acids is 1. The van der Waals surface area contributed by atoms with Crippen molar-refractivity contribution >= 4 is 22.6 Å². The molecular weight excluding hydrogens is 417 g/mol. The third-order valence-electron chi connectivity index (χ3n) is 4.99. The largest absolute Gasteiger partial charge is 0.329 e. The molecule has 0 aliphatic rings. The number of amides is 1. The van der Waals surface area contributed by atoms with Gasteiger partial charge in [-0.15, -0.1) is 0 Å². The zero-order valence-corrected chi connectivity index (χ0v) is 17.6. The first-order valence-corrected chi connectivity index (χ1v) is 9.93. The predicted molar refractivity (Wildman–Crippen MR) is 116 cm³/mol. The van der Waals surface area contributed by atoms with E-state index in [0.717, 1.165) is 6.07 Å². The van der Waals surface area contributed by atoms with Crippen molar-refractivity contribution in [1.82, 2.24) is 29.3 Å². The number of rotatable bonds is 5. The molecule has 0 saturated carbocycles. The van der Waals surface area contributed by atoms with Crippen molar-refractivity contribution in [2.75, 3.05) is 5.32 Å². The summed E-state index contributed by atoms with van der Waals surface area (Å²) in [5.74, 6) is -1.31. The normalized spacial score (nSPS) is 11.3. The zero-order chi connectivity index (χ0) is 23.0. The topological polar surface area (TPSA) is 128 Å². The van der Waals surface area contributed by atoms with Crippen molar-refractivity contribution in [2.45, 2.75) is 33.2 Å². The number of nitrogens with one attached hydrogen (secondary N) is 2. The lowest BCUT2D eigenvalue weighted by Gasteiger charge is -2.14. The quantitative estimate of drug-likeness (QED) is 0.493. The van der Waals surface area contributed by atoms with Gasteiger partial charge < -0.3 is 5.32 Å². The van der Waals surface area contributed by atoms with Crippen LogP contribution in [-0.2, 0) is 6.54 Å². The van der Waals surface area contributed by atoms with Crippen LogP contribution in [0.3, 0.4) is 0 Å². The van der Waals surface area contributed by atoms with Gasteiger partial charge in [-0.1, -0.05) is 13.8 Å². The van der Waals surface area contributed by atoms with Crippen LogP contribution >= 0.6 is 0 Å². The molecule has 0 atom stereocenters. The molecule has 0 fully saturated rings. The second-order valence-electron chi connectivity index (χ2n) is 7.41. The SMILES string of the molecule is CCn1c(=O)[nH]c(=O)c2c(C(=O)Nc3ccc(-n4cncn4)c(F)c3)cc(C(C)C)nc21. The Bertz CT molecular complexity index is 1440. The van der Waals surface area contributed by atoms with Crippen LogP contribution < -0.4 is 16.6 Å². The number of pyridine rings is 1. The minimum atomic E-state index is -0.713. The molecule has 32 heavy (non-hydrogen) atoms. The van der Waals surface area contributed by atoms with E-state index >= 15 is 0 Å². The summed E-state index contributed by atoms with van der Waals surface area (Å²) in [5, 5.41) is 6.49. The molecule has 11 heteroatoms. The molecule has 3 aromatic heterocycles. The predicted octanol–water partition coefficient (Wildman–Crippen LogP) is 2.20.